The number of hydrogen-bond acceptors (Lipinski definition) is 7. The molecule has 6 nitrogen and oxygen atoms in total. The maximum Gasteiger partial charge on any atom is 0.277 e. The van der Waals surface area contributed by atoms with Crippen molar-refractivity contribution < 1.29 is 9.21 Å². The lowest BCUT2D eigenvalue weighted by Gasteiger charge is -1.98. The predicted octanol–water partition coefficient (Wildman–Crippen LogP) is 3.99. The van der Waals surface area contributed by atoms with Crippen molar-refractivity contribution in [2.45, 2.75) is 12.1 Å². The van der Waals surface area contributed by atoms with Gasteiger partial charge in [-0.05, 0) is 25.1 Å². The van der Waals surface area contributed by atoms with Crippen LogP contribution in [-0.4, -0.2) is 26.8 Å². The summed E-state index contributed by atoms with van der Waals surface area (Å²) in [5.41, 5.74) is 1.70. The average molecular weight is 411 g/mol. The first-order valence-electron chi connectivity index (χ1n) is 6.54. The van der Waals surface area contributed by atoms with Crippen molar-refractivity contribution in [2.75, 3.05) is 11.1 Å². The molecule has 1 aromatic carbocycles. The van der Waals surface area contributed by atoms with Crippen molar-refractivity contribution in [3.63, 3.8) is 0 Å². The Labute approximate surface area is 148 Å². The molecule has 118 valence electrons. The molecule has 3 rings (SSSR count). The molecule has 0 saturated carbocycles. The van der Waals surface area contributed by atoms with Gasteiger partial charge < -0.3 is 9.73 Å². The van der Waals surface area contributed by atoms with Gasteiger partial charge in [0.05, 0.1) is 11.4 Å². The number of amides is 1. The van der Waals surface area contributed by atoms with Crippen LogP contribution in [0, 0.1) is 6.92 Å². The van der Waals surface area contributed by atoms with Gasteiger partial charge in [0, 0.05) is 15.4 Å². The molecule has 2 aromatic heterocycles. The number of aryl methyl sites for hydroxylation is 1. The topological polar surface area (TPSA) is 80.9 Å². The van der Waals surface area contributed by atoms with Crippen LogP contribution in [-0.2, 0) is 4.79 Å². The maximum absolute atomic E-state index is 11.9. The second-order valence-corrected chi connectivity index (χ2v) is 7.21. The molecule has 0 unspecified atom stereocenters. The predicted molar refractivity (Wildman–Crippen MR) is 93.6 cm³/mol. The summed E-state index contributed by atoms with van der Waals surface area (Å²) < 4.78 is 6.49. The van der Waals surface area contributed by atoms with Gasteiger partial charge in [0.25, 0.3) is 5.22 Å². The van der Waals surface area contributed by atoms with Crippen molar-refractivity contribution >= 4 is 50.1 Å². The average Bonchev–Trinajstić information content (AvgIpc) is 3.14. The van der Waals surface area contributed by atoms with Crippen molar-refractivity contribution in [1.29, 1.82) is 0 Å². The van der Waals surface area contributed by atoms with E-state index in [1.54, 1.807) is 0 Å². The van der Waals surface area contributed by atoms with E-state index >= 15 is 0 Å². The number of carbonyl (C=O) groups excluding carboxylic acids is 1. The number of thioether (sulfide) groups is 1. The van der Waals surface area contributed by atoms with E-state index in [1.807, 2.05) is 36.6 Å². The van der Waals surface area contributed by atoms with Gasteiger partial charge in [0.1, 0.15) is 0 Å². The highest BCUT2D eigenvalue weighted by molar-refractivity contribution is 9.10. The summed E-state index contributed by atoms with van der Waals surface area (Å²) in [6, 6.07) is 7.57. The van der Waals surface area contributed by atoms with Crippen LogP contribution in [0.2, 0.25) is 0 Å². The van der Waals surface area contributed by atoms with E-state index in [9.17, 15) is 4.79 Å². The Balaban J connectivity index is 1.58. The van der Waals surface area contributed by atoms with E-state index in [-0.39, 0.29) is 11.7 Å². The fourth-order valence-corrected chi connectivity index (χ4v) is 3.37. The minimum absolute atomic E-state index is 0.161. The summed E-state index contributed by atoms with van der Waals surface area (Å²) in [5.74, 6) is 0.440. The van der Waals surface area contributed by atoms with Crippen LogP contribution in [0.3, 0.4) is 0 Å². The molecule has 0 fully saturated rings. The Morgan fingerprint density at radius 2 is 2.30 bits per heavy atom. The summed E-state index contributed by atoms with van der Waals surface area (Å²) >= 11 is 5.98. The smallest absolute Gasteiger partial charge is 0.277 e. The quantitative estimate of drug-likeness (QED) is 0.640. The van der Waals surface area contributed by atoms with Crippen LogP contribution >= 0.6 is 39.0 Å². The molecule has 0 atom stereocenters. The Hall–Kier alpha value is -1.71. The van der Waals surface area contributed by atoms with Gasteiger partial charge >= 0.3 is 0 Å². The zero-order valence-electron chi connectivity index (χ0n) is 11.9. The molecule has 1 N–H and O–H groups in total. The number of thiazole rings is 1. The van der Waals surface area contributed by atoms with Crippen LogP contribution in [0.1, 0.15) is 5.69 Å². The Kier molecular flexibility index (Phi) is 5.09. The van der Waals surface area contributed by atoms with Gasteiger partial charge in [-0.15, -0.1) is 21.5 Å². The minimum atomic E-state index is -0.161. The van der Waals surface area contributed by atoms with E-state index in [1.165, 1.54) is 23.1 Å². The Bertz CT molecular complexity index is 834. The zero-order chi connectivity index (χ0) is 16.2. The second kappa shape index (κ2) is 7.24. The summed E-state index contributed by atoms with van der Waals surface area (Å²) in [4.78, 5) is 16.0. The first-order chi connectivity index (χ1) is 11.1. The zero-order valence-corrected chi connectivity index (χ0v) is 15.2. The van der Waals surface area contributed by atoms with Crippen LogP contribution in [0.25, 0.3) is 11.5 Å². The minimum Gasteiger partial charge on any atom is -0.411 e. The highest BCUT2D eigenvalue weighted by atomic mass is 79.9. The van der Waals surface area contributed by atoms with Gasteiger partial charge in [-0.3, -0.25) is 4.79 Å². The van der Waals surface area contributed by atoms with Crippen LogP contribution in [0.5, 0.6) is 0 Å². The molecular formula is C14H11BrN4O2S2. The molecule has 0 bridgehead atoms. The lowest BCUT2D eigenvalue weighted by atomic mass is 10.2. The Morgan fingerprint density at radius 1 is 1.43 bits per heavy atom. The molecule has 0 spiro atoms. The number of aromatic nitrogens is 3. The van der Waals surface area contributed by atoms with Crippen molar-refractivity contribution in [3.05, 3.63) is 39.8 Å². The van der Waals surface area contributed by atoms with Crippen LogP contribution in [0.15, 0.2) is 43.8 Å². The number of benzene rings is 1. The third kappa shape index (κ3) is 4.40. The molecule has 1 amide bonds. The van der Waals surface area contributed by atoms with Gasteiger partial charge in [-0.25, -0.2) is 4.98 Å². The normalized spacial score (nSPS) is 10.7. The number of carbonyl (C=O) groups is 1. The van der Waals surface area contributed by atoms with Gasteiger partial charge in [-0.2, -0.15) is 0 Å². The third-order valence-electron chi connectivity index (χ3n) is 2.67. The van der Waals surface area contributed by atoms with Crippen molar-refractivity contribution in [2.24, 2.45) is 0 Å². The number of anilines is 1. The molecule has 0 saturated heterocycles. The summed E-state index contributed by atoms with van der Waals surface area (Å²) in [6.45, 7) is 1.88. The highest BCUT2D eigenvalue weighted by Gasteiger charge is 2.12. The lowest BCUT2D eigenvalue weighted by molar-refractivity contribution is -0.113. The standard InChI is InChI=1S/C14H11BrN4O2S2/c1-8-6-22-13(16-8)17-11(20)7-23-14-19-18-12(21-14)9-3-2-4-10(15)5-9/h2-6H,7H2,1H3,(H,16,17,20). The van der Waals surface area contributed by atoms with Crippen molar-refractivity contribution in [1.82, 2.24) is 15.2 Å². The SMILES string of the molecule is Cc1csc(NC(=O)CSc2nnc(-c3cccc(Br)c3)o2)n1. The molecule has 9 heteroatoms. The van der Waals surface area contributed by atoms with Crippen molar-refractivity contribution in [3.8, 4) is 11.5 Å². The van der Waals surface area contributed by atoms with Gasteiger partial charge in [0.15, 0.2) is 5.13 Å². The van der Waals surface area contributed by atoms with E-state index in [4.69, 9.17) is 4.42 Å². The molecule has 0 aliphatic heterocycles. The highest BCUT2D eigenvalue weighted by Crippen LogP contribution is 2.25. The molecule has 23 heavy (non-hydrogen) atoms. The number of halogens is 1. The van der Waals surface area contributed by atoms with E-state index < -0.39 is 0 Å². The second-order valence-electron chi connectivity index (χ2n) is 4.51. The maximum atomic E-state index is 11.9. The van der Waals surface area contributed by atoms with Crippen LogP contribution < -0.4 is 5.32 Å². The first-order valence-corrected chi connectivity index (χ1v) is 9.20. The Morgan fingerprint density at radius 3 is 3.04 bits per heavy atom. The van der Waals surface area contributed by atoms with E-state index in [0.717, 1.165) is 15.7 Å². The molecule has 0 aliphatic carbocycles. The van der Waals surface area contributed by atoms with Gasteiger partial charge in [0.2, 0.25) is 11.8 Å². The molecule has 0 radical (unpaired) electrons. The third-order valence-corrected chi connectivity index (χ3v) is 4.86. The van der Waals surface area contributed by atoms with E-state index in [2.05, 4.69) is 36.4 Å². The number of nitrogens with zero attached hydrogens (tertiary/aromatic N) is 3. The largest absolute Gasteiger partial charge is 0.411 e. The molecular weight excluding hydrogens is 400 g/mol. The fourth-order valence-electron chi connectivity index (χ4n) is 1.70. The first kappa shape index (κ1) is 16.2. The molecule has 3 aromatic rings. The molecule has 2 heterocycles. The number of hydrogen-bond donors (Lipinski definition) is 1. The fraction of sp³-hybridized carbons (Fsp3) is 0.143. The lowest BCUT2D eigenvalue weighted by Crippen LogP contribution is -2.13. The number of rotatable bonds is 5. The summed E-state index contributed by atoms with van der Waals surface area (Å²) in [6.07, 6.45) is 0. The van der Waals surface area contributed by atoms with E-state index in [0.29, 0.717) is 16.2 Å². The van der Waals surface area contributed by atoms with Gasteiger partial charge in [-0.1, -0.05) is 33.8 Å². The van der Waals surface area contributed by atoms with Crippen LogP contribution in [0.4, 0.5) is 5.13 Å². The number of nitrogens with one attached hydrogen (secondary N) is 1. The molecule has 0 aliphatic rings. The monoisotopic (exact) mass is 410 g/mol. The summed E-state index contributed by atoms with van der Waals surface area (Å²) in [7, 11) is 0. The summed E-state index contributed by atoms with van der Waals surface area (Å²) in [5, 5.41) is 13.5.